The molecule has 2 aromatic rings. The van der Waals surface area contributed by atoms with Crippen LogP contribution in [0.25, 0.3) is 0 Å². The standard InChI is InChI=1S/C22H21N3O9S/c1-33-10-4-11-14(12(5-10)22(32)34-2)8-25(19(11)27)7-9-3-13-15(6-23-9)35-18(16(13)20(28)29)24-17(26)21(30)31/h4-5,9,23H,3,6-8H2,1-2H3,(H,24,26)(H,28,29)(H,30,31). The lowest BCUT2D eigenvalue weighted by Gasteiger charge is -2.28. The van der Waals surface area contributed by atoms with Gasteiger partial charge in [-0.2, -0.15) is 0 Å². The van der Waals surface area contributed by atoms with Crippen molar-refractivity contribution in [1.82, 2.24) is 10.2 Å². The number of fused-ring (bicyclic) bond motifs is 2. The number of hydrogen-bond acceptors (Lipinski definition) is 9. The van der Waals surface area contributed by atoms with Crippen LogP contribution >= 0.6 is 11.3 Å². The van der Waals surface area contributed by atoms with Crippen molar-refractivity contribution in [3.63, 3.8) is 0 Å². The van der Waals surface area contributed by atoms with Crippen molar-refractivity contribution in [1.29, 1.82) is 0 Å². The number of aromatic carboxylic acids is 1. The number of esters is 1. The predicted octanol–water partition coefficient (Wildman–Crippen LogP) is 0.935. The number of carbonyl (C=O) groups is 5. The number of amides is 2. The third-order valence-corrected chi connectivity index (χ3v) is 7.05. The van der Waals surface area contributed by atoms with Gasteiger partial charge in [-0.1, -0.05) is 0 Å². The minimum atomic E-state index is -1.72. The van der Waals surface area contributed by atoms with Gasteiger partial charge in [-0.3, -0.25) is 9.59 Å². The number of benzene rings is 1. The summed E-state index contributed by atoms with van der Waals surface area (Å²) < 4.78 is 10.1. The number of carbonyl (C=O) groups excluding carboxylic acids is 3. The van der Waals surface area contributed by atoms with Crippen LogP contribution < -0.4 is 15.4 Å². The summed E-state index contributed by atoms with van der Waals surface area (Å²) in [5.41, 5.74) is 1.43. The number of aliphatic carboxylic acids is 1. The summed E-state index contributed by atoms with van der Waals surface area (Å²) in [6.45, 7) is 0.675. The molecule has 2 aliphatic rings. The van der Waals surface area contributed by atoms with Crippen molar-refractivity contribution in [2.24, 2.45) is 0 Å². The molecule has 4 N–H and O–H groups in total. The third-order valence-electron chi connectivity index (χ3n) is 5.90. The number of ether oxygens (including phenoxy) is 2. The van der Waals surface area contributed by atoms with Crippen LogP contribution in [0.15, 0.2) is 12.1 Å². The minimum absolute atomic E-state index is 0.0446. The molecule has 2 amide bonds. The molecule has 13 heteroatoms. The van der Waals surface area contributed by atoms with Gasteiger partial charge in [0.1, 0.15) is 10.8 Å². The van der Waals surface area contributed by atoms with Crippen LogP contribution in [0.5, 0.6) is 5.75 Å². The molecule has 1 unspecified atom stereocenters. The fraction of sp³-hybridized carbons (Fsp3) is 0.318. The van der Waals surface area contributed by atoms with E-state index in [0.29, 0.717) is 27.3 Å². The molecule has 1 aromatic carbocycles. The first-order valence-electron chi connectivity index (χ1n) is 10.4. The van der Waals surface area contributed by atoms with E-state index in [1.165, 1.54) is 20.3 Å². The molecular formula is C22H21N3O9S. The zero-order valence-electron chi connectivity index (χ0n) is 18.7. The normalized spacial score (nSPS) is 16.3. The van der Waals surface area contributed by atoms with Gasteiger partial charge in [0.2, 0.25) is 0 Å². The second-order valence-electron chi connectivity index (χ2n) is 7.93. The number of hydrogen-bond donors (Lipinski definition) is 4. The Labute approximate surface area is 202 Å². The molecule has 12 nitrogen and oxygen atoms in total. The first kappa shape index (κ1) is 24.2. The fourth-order valence-corrected chi connectivity index (χ4v) is 5.46. The van der Waals surface area contributed by atoms with Gasteiger partial charge in [0.25, 0.3) is 5.91 Å². The quantitative estimate of drug-likeness (QED) is 0.328. The van der Waals surface area contributed by atoms with Crippen LogP contribution in [0.2, 0.25) is 0 Å². The SMILES string of the molecule is COC(=O)c1cc(OC)cc2c1CN(CC1Cc3c(sc(NC(=O)C(=O)O)c3C(=O)O)CN1)C2=O. The lowest BCUT2D eigenvalue weighted by Crippen LogP contribution is -2.44. The van der Waals surface area contributed by atoms with Gasteiger partial charge < -0.3 is 35.2 Å². The van der Waals surface area contributed by atoms with Crippen LogP contribution in [0.3, 0.4) is 0 Å². The summed E-state index contributed by atoms with van der Waals surface area (Å²) in [7, 11) is 2.68. The number of carboxylic acids is 2. The van der Waals surface area contributed by atoms with E-state index in [4.69, 9.17) is 14.6 Å². The molecule has 2 aliphatic heterocycles. The Morgan fingerprint density at radius 3 is 2.57 bits per heavy atom. The van der Waals surface area contributed by atoms with Crippen molar-refractivity contribution in [3.05, 3.63) is 44.8 Å². The molecule has 0 bridgehead atoms. The highest BCUT2D eigenvalue weighted by molar-refractivity contribution is 7.17. The number of rotatable bonds is 6. The lowest BCUT2D eigenvalue weighted by molar-refractivity contribution is -0.147. The summed E-state index contributed by atoms with van der Waals surface area (Å²) in [5.74, 6) is -4.87. The Hall–Kier alpha value is -3.97. The summed E-state index contributed by atoms with van der Waals surface area (Å²) in [5, 5.41) is 23.9. The second kappa shape index (κ2) is 9.35. The zero-order chi connectivity index (χ0) is 25.4. The largest absolute Gasteiger partial charge is 0.497 e. The van der Waals surface area contributed by atoms with Crippen LogP contribution in [-0.4, -0.2) is 71.6 Å². The summed E-state index contributed by atoms with van der Waals surface area (Å²) in [6, 6.07) is 2.76. The van der Waals surface area contributed by atoms with E-state index >= 15 is 0 Å². The molecule has 0 spiro atoms. The maximum atomic E-state index is 13.1. The molecule has 3 heterocycles. The van der Waals surface area contributed by atoms with Crippen molar-refractivity contribution in [3.8, 4) is 5.75 Å². The number of thiophene rings is 1. The average molecular weight is 503 g/mol. The number of nitrogens with one attached hydrogen (secondary N) is 2. The minimum Gasteiger partial charge on any atom is -0.497 e. The predicted molar refractivity (Wildman–Crippen MR) is 121 cm³/mol. The molecule has 0 radical (unpaired) electrons. The van der Waals surface area contributed by atoms with E-state index in [2.05, 4.69) is 10.6 Å². The van der Waals surface area contributed by atoms with E-state index in [9.17, 15) is 29.1 Å². The molecule has 184 valence electrons. The Kier molecular flexibility index (Phi) is 6.45. The Bertz CT molecular complexity index is 1270. The Morgan fingerprint density at radius 2 is 1.94 bits per heavy atom. The highest BCUT2D eigenvalue weighted by atomic mass is 32.1. The number of anilines is 1. The molecule has 0 aliphatic carbocycles. The van der Waals surface area contributed by atoms with E-state index in [-0.39, 0.29) is 54.1 Å². The number of nitrogens with zero attached hydrogens (tertiary/aromatic N) is 1. The molecule has 0 fully saturated rings. The summed E-state index contributed by atoms with van der Waals surface area (Å²) in [6.07, 6.45) is 0.240. The van der Waals surface area contributed by atoms with Gasteiger partial charge in [-0.25, -0.2) is 14.4 Å². The van der Waals surface area contributed by atoms with Gasteiger partial charge >= 0.3 is 23.8 Å². The third kappa shape index (κ3) is 4.42. The molecule has 1 atom stereocenters. The molecule has 35 heavy (non-hydrogen) atoms. The molecule has 1 aromatic heterocycles. The Morgan fingerprint density at radius 1 is 1.20 bits per heavy atom. The van der Waals surface area contributed by atoms with Crippen LogP contribution in [0.1, 0.15) is 47.1 Å². The van der Waals surface area contributed by atoms with Gasteiger partial charge in [0, 0.05) is 36.1 Å². The van der Waals surface area contributed by atoms with Gasteiger partial charge in [-0.15, -0.1) is 11.3 Å². The topological polar surface area (TPSA) is 172 Å². The zero-order valence-corrected chi connectivity index (χ0v) is 19.5. The van der Waals surface area contributed by atoms with Gasteiger partial charge in [-0.05, 0) is 29.7 Å². The smallest absolute Gasteiger partial charge is 0.394 e. The maximum absolute atomic E-state index is 13.1. The molecular weight excluding hydrogens is 482 g/mol. The van der Waals surface area contributed by atoms with E-state index in [0.717, 1.165) is 11.3 Å². The van der Waals surface area contributed by atoms with Gasteiger partial charge in [0.15, 0.2) is 0 Å². The molecule has 0 saturated heterocycles. The first-order chi connectivity index (χ1) is 16.6. The summed E-state index contributed by atoms with van der Waals surface area (Å²) >= 11 is 0.998. The number of methoxy groups -OCH3 is 2. The van der Waals surface area contributed by atoms with Crippen LogP contribution in [-0.2, 0) is 33.8 Å². The van der Waals surface area contributed by atoms with Crippen LogP contribution in [0.4, 0.5) is 5.00 Å². The average Bonchev–Trinajstić information content (AvgIpc) is 3.34. The monoisotopic (exact) mass is 503 g/mol. The van der Waals surface area contributed by atoms with E-state index in [1.54, 1.807) is 11.0 Å². The van der Waals surface area contributed by atoms with E-state index in [1.807, 2.05) is 0 Å². The van der Waals surface area contributed by atoms with Crippen molar-refractivity contribution < 1.29 is 43.7 Å². The van der Waals surface area contributed by atoms with E-state index < -0.39 is 23.8 Å². The first-order valence-corrected chi connectivity index (χ1v) is 11.2. The van der Waals surface area contributed by atoms with Crippen LogP contribution in [0, 0.1) is 0 Å². The highest BCUT2D eigenvalue weighted by Crippen LogP contribution is 2.37. The second-order valence-corrected chi connectivity index (χ2v) is 9.04. The van der Waals surface area contributed by atoms with Crippen molar-refractivity contribution in [2.45, 2.75) is 25.6 Å². The maximum Gasteiger partial charge on any atom is 0.394 e. The number of carboxylic acid groups (broad SMARTS) is 2. The van der Waals surface area contributed by atoms with Crippen molar-refractivity contribution >= 4 is 46.1 Å². The molecule has 4 rings (SSSR count). The Balaban J connectivity index is 1.57. The van der Waals surface area contributed by atoms with Gasteiger partial charge in [0.05, 0.1) is 25.3 Å². The summed E-state index contributed by atoms with van der Waals surface area (Å²) in [4.78, 5) is 62.0. The highest BCUT2D eigenvalue weighted by Gasteiger charge is 2.36. The molecule has 0 saturated carbocycles. The van der Waals surface area contributed by atoms with Crippen molar-refractivity contribution in [2.75, 3.05) is 26.1 Å². The fourth-order valence-electron chi connectivity index (χ4n) is 4.29. The lowest BCUT2D eigenvalue weighted by atomic mass is 9.97.